The lowest BCUT2D eigenvalue weighted by molar-refractivity contribution is -0.154. The number of morpholine rings is 1. The summed E-state index contributed by atoms with van der Waals surface area (Å²) in [6.07, 6.45) is -0.953. The summed E-state index contributed by atoms with van der Waals surface area (Å²) in [5.74, 6) is -1.02. The predicted octanol–water partition coefficient (Wildman–Crippen LogP) is 0.469. The predicted molar refractivity (Wildman–Crippen MR) is 70.6 cm³/mol. The highest BCUT2D eigenvalue weighted by Gasteiger charge is 2.30. The van der Waals surface area contributed by atoms with E-state index < -0.39 is 12.1 Å². The maximum absolute atomic E-state index is 12.4. The molecule has 1 aromatic rings. The van der Waals surface area contributed by atoms with Gasteiger partial charge in [0.2, 0.25) is 0 Å². The molecule has 0 aromatic carbocycles. The SMILES string of the molecule is CC(C)c1cc(C(=O)N2CCO[C@@H](C(=O)O)C2)n(C)n1. The van der Waals surface area contributed by atoms with Crippen LogP contribution in [0.2, 0.25) is 0 Å². The third-order valence-corrected chi connectivity index (χ3v) is 3.34. The van der Waals surface area contributed by atoms with Crippen molar-refractivity contribution in [2.75, 3.05) is 19.7 Å². The number of hydrogen-bond acceptors (Lipinski definition) is 4. The average molecular weight is 281 g/mol. The highest BCUT2D eigenvalue weighted by atomic mass is 16.5. The Bertz CT molecular complexity index is 524. The lowest BCUT2D eigenvalue weighted by Crippen LogP contribution is -2.48. The molecule has 0 radical (unpaired) electrons. The molecule has 1 N–H and O–H groups in total. The van der Waals surface area contributed by atoms with E-state index in [-0.39, 0.29) is 25.0 Å². The molecule has 1 aromatic heterocycles. The van der Waals surface area contributed by atoms with Crippen LogP contribution in [0.25, 0.3) is 0 Å². The van der Waals surface area contributed by atoms with Crippen LogP contribution >= 0.6 is 0 Å². The van der Waals surface area contributed by atoms with Crippen molar-refractivity contribution in [1.29, 1.82) is 0 Å². The number of carboxylic acid groups (broad SMARTS) is 1. The molecule has 2 rings (SSSR count). The van der Waals surface area contributed by atoms with Gasteiger partial charge < -0.3 is 14.7 Å². The fourth-order valence-corrected chi connectivity index (χ4v) is 2.12. The number of carbonyl (C=O) groups is 2. The van der Waals surface area contributed by atoms with Gasteiger partial charge in [0.05, 0.1) is 18.8 Å². The number of aliphatic carboxylic acids is 1. The highest BCUT2D eigenvalue weighted by molar-refractivity contribution is 5.93. The highest BCUT2D eigenvalue weighted by Crippen LogP contribution is 2.16. The molecule has 0 saturated carbocycles. The van der Waals surface area contributed by atoms with Crippen LogP contribution in [0.3, 0.4) is 0 Å². The van der Waals surface area contributed by atoms with Crippen molar-refractivity contribution in [2.45, 2.75) is 25.9 Å². The Morgan fingerprint density at radius 2 is 2.20 bits per heavy atom. The molecule has 1 aliphatic heterocycles. The van der Waals surface area contributed by atoms with Gasteiger partial charge in [-0.25, -0.2) is 4.79 Å². The zero-order valence-corrected chi connectivity index (χ0v) is 11.9. The van der Waals surface area contributed by atoms with Gasteiger partial charge in [0, 0.05) is 13.6 Å². The molecule has 7 nitrogen and oxygen atoms in total. The summed E-state index contributed by atoms with van der Waals surface area (Å²) in [6, 6.07) is 1.76. The number of aromatic nitrogens is 2. The van der Waals surface area contributed by atoms with Crippen molar-refractivity contribution in [2.24, 2.45) is 7.05 Å². The quantitative estimate of drug-likeness (QED) is 0.870. The zero-order valence-electron chi connectivity index (χ0n) is 11.9. The Morgan fingerprint density at radius 1 is 1.50 bits per heavy atom. The average Bonchev–Trinajstić information content (AvgIpc) is 2.80. The molecule has 0 aliphatic carbocycles. The van der Waals surface area contributed by atoms with E-state index in [0.717, 1.165) is 5.69 Å². The van der Waals surface area contributed by atoms with E-state index in [1.165, 1.54) is 4.90 Å². The monoisotopic (exact) mass is 281 g/mol. The van der Waals surface area contributed by atoms with E-state index in [0.29, 0.717) is 12.2 Å². The summed E-state index contributed by atoms with van der Waals surface area (Å²) < 4.78 is 6.66. The summed E-state index contributed by atoms with van der Waals surface area (Å²) in [5, 5.41) is 13.3. The number of carboxylic acids is 1. The van der Waals surface area contributed by atoms with Gasteiger partial charge >= 0.3 is 5.97 Å². The first kappa shape index (κ1) is 14.5. The lowest BCUT2D eigenvalue weighted by atomic mass is 10.1. The standard InChI is InChI=1S/C13H19N3O4/c1-8(2)9-6-10(15(3)14-9)12(17)16-4-5-20-11(7-16)13(18)19/h6,8,11H,4-5,7H2,1-3H3,(H,18,19)/t11-/m1/s1. The Hall–Kier alpha value is -1.89. The van der Waals surface area contributed by atoms with Crippen LogP contribution in [0.1, 0.15) is 35.9 Å². The first-order chi connectivity index (χ1) is 9.40. The van der Waals surface area contributed by atoms with Crippen LogP contribution in [0.4, 0.5) is 0 Å². The van der Waals surface area contributed by atoms with Crippen LogP contribution in [0.5, 0.6) is 0 Å². The minimum atomic E-state index is -1.05. The second-order valence-corrected chi connectivity index (χ2v) is 5.18. The molecule has 20 heavy (non-hydrogen) atoms. The van der Waals surface area contributed by atoms with E-state index in [2.05, 4.69) is 5.10 Å². The largest absolute Gasteiger partial charge is 0.479 e. The van der Waals surface area contributed by atoms with Crippen LogP contribution in [-0.2, 0) is 16.6 Å². The third kappa shape index (κ3) is 2.82. The van der Waals surface area contributed by atoms with Gasteiger partial charge in [-0.1, -0.05) is 13.8 Å². The molecule has 1 fully saturated rings. The molecular formula is C13H19N3O4. The molecule has 0 bridgehead atoms. The summed E-state index contributed by atoms with van der Waals surface area (Å²) in [7, 11) is 1.72. The Balaban J connectivity index is 2.16. The first-order valence-electron chi connectivity index (χ1n) is 6.57. The second-order valence-electron chi connectivity index (χ2n) is 5.18. The molecule has 1 amide bonds. The van der Waals surface area contributed by atoms with Crippen molar-refractivity contribution in [1.82, 2.24) is 14.7 Å². The second kappa shape index (κ2) is 5.62. The van der Waals surface area contributed by atoms with Gasteiger partial charge in [-0.05, 0) is 12.0 Å². The van der Waals surface area contributed by atoms with Gasteiger partial charge in [-0.2, -0.15) is 5.10 Å². The minimum absolute atomic E-state index is 0.0658. The molecule has 2 heterocycles. The van der Waals surface area contributed by atoms with Gasteiger partial charge in [0.25, 0.3) is 5.91 Å². The Morgan fingerprint density at radius 3 is 2.75 bits per heavy atom. The van der Waals surface area contributed by atoms with Gasteiger partial charge in [0.15, 0.2) is 6.10 Å². The fourth-order valence-electron chi connectivity index (χ4n) is 2.12. The summed E-state index contributed by atoms with van der Waals surface area (Å²) in [6.45, 7) is 4.70. The number of carbonyl (C=O) groups excluding carboxylic acids is 1. The van der Waals surface area contributed by atoms with Crippen molar-refractivity contribution >= 4 is 11.9 Å². The van der Waals surface area contributed by atoms with E-state index in [4.69, 9.17) is 9.84 Å². The van der Waals surface area contributed by atoms with Crippen LogP contribution in [0, 0.1) is 0 Å². The van der Waals surface area contributed by atoms with Crippen LogP contribution < -0.4 is 0 Å². The Labute approximate surface area is 117 Å². The number of nitrogens with zero attached hydrogens (tertiary/aromatic N) is 3. The number of amides is 1. The van der Waals surface area contributed by atoms with Crippen LogP contribution in [-0.4, -0.2) is 57.5 Å². The molecular weight excluding hydrogens is 262 g/mol. The Kier molecular flexibility index (Phi) is 4.08. The first-order valence-corrected chi connectivity index (χ1v) is 6.57. The molecule has 1 atom stereocenters. The normalized spacial score (nSPS) is 19.4. The minimum Gasteiger partial charge on any atom is -0.479 e. The smallest absolute Gasteiger partial charge is 0.334 e. The molecule has 110 valence electrons. The van der Waals surface area contributed by atoms with Crippen molar-refractivity contribution in [3.63, 3.8) is 0 Å². The van der Waals surface area contributed by atoms with Crippen LogP contribution in [0.15, 0.2) is 6.07 Å². The van der Waals surface area contributed by atoms with Crippen molar-refractivity contribution in [3.8, 4) is 0 Å². The summed E-state index contributed by atoms with van der Waals surface area (Å²) in [4.78, 5) is 24.9. The molecule has 1 aliphatic rings. The van der Waals surface area contributed by atoms with E-state index in [1.807, 2.05) is 13.8 Å². The van der Waals surface area contributed by atoms with E-state index in [9.17, 15) is 9.59 Å². The maximum Gasteiger partial charge on any atom is 0.334 e. The number of ether oxygens (including phenoxy) is 1. The topological polar surface area (TPSA) is 84.7 Å². The van der Waals surface area contributed by atoms with Crippen molar-refractivity contribution in [3.05, 3.63) is 17.5 Å². The molecule has 7 heteroatoms. The number of rotatable bonds is 3. The molecule has 1 saturated heterocycles. The lowest BCUT2D eigenvalue weighted by Gasteiger charge is -2.30. The fraction of sp³-hybridized carbons (Fsp3) is 0.615. The van der Waals surface area contributed by atoms with Crippen molar-refractivity contribution < 1.29 is 19.4 Å². The third-order valence-electron chi connectivity index (χ3n) is 3.34. The maximum atomic E-state index is 12.4. The molecule has 0 spiro atoms. The summed E-state index contributed by atoms with van der Waals surface area (Å²) in [5.41, 5.74) is 1.32. The number of hydrogen-bond donors (Lipinski definition) is 1. The number of aryl methyl sites for hydroxylation is 1. The van der Waals surface area contributed by atoms with Gasteiger partial charge in [0.1, 0.15) is 5.69 Å². The van der Waals surface area contributed by atoms with Gasteiger partial charge in [-0.15, -0.1) is 0 Å². The van der Waals surface area contributed by atoms with E-state index >= 15 is 0 Å². The summed E-state index contributed by atoms with van der Waals surface area (Å²) >= 11 is 0. The molecule has 0 unspecified atom stereocenters. The zero-order chi connectivity index (χ0) is 14.9. The van der Waals surface area contributed by atoms with Gasteiger partial charge in [-0.3, -0.25) is 9.48 Å². The van der Waals surface area contributed by atoms with E-state index in [1.54, 1.807) is 17.8 Å².